The summed E-state index contributed by atoms with van der Waals surface area (Å²) >= 11 is 0. The average Bonchev–Trinajstić information content (AvgIpc) is 3.07. The zero-order valence-corrected chi connectivity index (χ0v) is 21.4. The standard InChI is InChI=1S/C27H40O7/c1-14(28)20-7-8-21-25-22(13-24(27(20,21)6)34-17(4)31)26(5)10-9-19(32-15(2)29)11-18(26)12-23(25)33-16(3)30/h18-25H,7-13H2,1-6H3/t18?,19-,20?,21?,22?,23-,24+,25?,26?,27?/m1/s1. The number of fused-ring (bicyclic) bond motifs is 5. The van der Waals surface area contributed by atoms with E-state index in [9.17, 15) is 19.2 Å². The molecule has 7 nitrogen and oxygen atoms in total. The van der Waals surface area contributed by atoms with Crippen LogP contribution in [0.1, 0.15) is 86.5 Å². The lowest BCUT2D eigenvalue weighted by Gasteiger charge is -2.63. The molecular weight excluding hydrogens is 436 g/mol. The number of rotatable bonds is 4. The smallest absolute Gasteiger partial charge is 0.302 e. The summed E-state index contributed by atoms with van der Waals surface area (Å²) in [4.78, 5) is 48.7. The maximum atomic E-state index is 12.7. The molecule has 0 spiro atoms. The van der Waals surface area contributed by atoms with Crippen LogP contribution in [-0.2, 0) is 33.4 Å². The summed E-state index contributed by atoms with van der Waals surface area (Å²) < 4.78 is 17.6. The first-order chi connectivity index (χ1) is 15.9. The van der Waals surface area contributed by atoms with Gasteiger partial charge in [-0.3, -0.25) is 19.2 Å². The number of Topliss-reactive ketones (excluding diaryl/α,β-unsaturated/α-hetero) is 1. The van der Waals surface area contributed by atoms with Crippen LogP contribution in [0.4, 0.5) is 0 Å². The summed E-state index contributed by atoms with van der Waals surface area (Å²) in [7, 11) is 0. The number of esters is 3. The fraction of sp³-hybridized carbons (Fsp3) is 0.852. The minimum atomic E-state index is -0.463. The van der Waals surface area contributed by atoms with Crippen molar-refractivity contribution < 1.29 is 33.4 Å². The van der Waals surface area contributed by atoms with Crippen LogP contribution < -0.4 is 0 Å². The highest BCUT2D eigenvalue weighted by Gasteiger charge is 2.67. The molecule has 7 unspecified atom stereocenters. The van der Waals surface area contributed by atoms with Crippen LogP contribution in [0.15, 0.2) is 0 Å². The van der Waals surface area contributed by atoms with E-state index in [1.807, 2.05) is 0 Å². The van der Waals surface area contributed by atoms with Gasteiger partial charge in [0.25, 0.3) is 0 Å². The van der Waals surface area contributed by atoms with Crippen LogP contribution in [0.3, 0.4) is 0 Å². The van der Waals surface area contributed by atoms with E-state index in [0.717, 1.165) is 38.5 Å². The number of carbonyl (C=O) groups excluding carboxylic acids is 4. The van der Waals surface area contributed by atoms with E-state index in [0.29, 0.717) is 6.42 Å². The summed E-state index contributed by atoms with van der Waals surface area (Å²) in [6.07, 6.45) is 4.84. The number of carbonyl (C=O) groups is 4. The Bertz CT molecular complexity index is 867. The Kier molecular flexibility index (Phi) is 6.62. The summed E-state index contributed by atoms with van der Waals surface area (Å²) in [6, 6.07) is 0. The van der Waals surface area contributed by atoms with Crippen LogP contribution in [-0.4, -0.2) is 42.0 Å². The van der Waals surface area contributed by atoms with Crippen molar-refractivity contribution in [2.75, 3.05) is 0 Å². The van der Waals surface area contributed by atoms with Crippen molar-refractivity contribution in [3.05, 3.63) is 0 Å². The van der Waals surface area contributed by atoms with Crippen molar-refractivity contribution in [1.82, 2.24) is 0 Å². The Morgan fingerprint density at radius 1 is 0.735 bits per heavy atom. The lowest BCUT2D eigenvalue weighted by Crippen LogP contribution is -2.63. The lowest BCUT2D eigenvalue weighted by molar-refractivity contribution is -0.222. The van der Waals surface area contributed by atoms with Crippen LogP contribution in [0, 0.1) is 40.4 Å². The van der Waals surface area contributed by atoms with E-state index in [1.54, 1.807) is 6.92 Å². The molecular formula is C27H40O7. The van der Waals surface area contributed by atoms with Gasteiger partial charge in [-0.25, -0.2) is 0 Å². The highest BCUT2D eigenvalue weighted by Crippen LogP contribution is 2.68. The van der Waals surface area contributed by atoms with E-state index >= 15 is 0 Å². The van der Waals surface area contributed by atoms with Gasteiger partial charge in [0, 0.05) is 38.0 Å². The second-order valence-corrected chi connectivity index (χ2v) is 11.8. The zero-order valence-electron chi connectivity index (χ0n) is 21.4. The first kappa shape index (κ1) is 25.2. The summed E-state index contributed by atoms with van der Waals surface area (Å²) in [5.41, 5.74) is -0.499. The Morgan fingerprint density at radius 3 is 1.97 bits per heavy atom. The third-order valence-corrected chi connectivity index (χ3v) is 10.1. The topological polar surface area (TPSA) is 96.0 Å². The van der Waals surface area contributed by atoms with Gasteiger partial charge >= 0.3 is 17.9 Å². The number of hydrogen-bond donors (Lipinski definition) is 0. The zero-order chi connectivity index (χ0) is 25.0. The molecule has 0 bridgehead atoms. The number of ketones is 1. The Labute approximate surface area is 202 Å². The molecule has 0 amide bonds. The molecule has 4 aliphatic carbocycles. The van der Waals surface area contributed by atoms with Gasteiger partial charge in [-0.05, 0) is 75.0 Å². The van der Waals surface area contributed by atoms with Crippen LogP contribution in [0.25, 0.3) is 0 Å². The first-order valence-electron chi connectivity index (χ1n) is 12.9. The first-order valence-corrected chi connectivity index (χ1v) is 12.9. The van der Waals surface area contributed by atoms with Gasteiger partial charge in [0.05, 0.1) is 0 Å². The van der Waals surface area contributed by atoms with E-state index < -0.39 is 5.41 Å². The predicted octanol–water partition coefficient (Wildman–Crippen LogP) is 4.25. The predicted molar refractivity (Wildman–Crippen MR) is 123 cm³/mol. The van der Waals surface area contributed by atoms with Crippen LogP contribution >= 0.6 is 0 Å². The van der Waals surface area contributed by atoms with E-state index in [1.165, 1.54) is 20.8 Å². The molecule has 4 aliphatic rings. The number of hydrogen-bond acceptors (Lipinski definition) is 7. The third kappa shape index (κ3) is 4.07. The van der Waals surface area contributed by atoms with Crippen molar-refractivity contribution in [3.8, 4) is 0 Å². The molecule has 4 rings (SSSR count). The lowest BCUT2D eigenvalue weighted by atomic mass is 9.43. The second-order valence-electron chi connectivity index (χ2n) is 11.8. The van der Waals surface area contributed by atoms with Gasteiger partial charge in [0.15, 0.2) is 0 Å². The molecule has 0 aliphatic heterocycles. The fourth-order valence-corrected chi connectivity index (χ4v) is 8.82. The Hall–Kier alpha value is -1.92. The molecule has 0 aromatic carbocycles. The van der Waals surface area contributed by atoms with Crippen molar-refractivity contribution >= 4 is 23.7 Å². The molecule has 190 valence electrons. The highest BCUT2D eigenvalue weighted by atomic mass is 16.6. The molecule has 34 heavy (non-hydrogen) atoms. The third-order valence-electron chi connectivity index (χ3n) is 10.1. The van der Waals surface area contributed by atoms with Gasteiger partial charge in [0.2, 0.25) is 0 Å². The molecule has 0 saturated heterocycles. The van der Waals surface area contributed by atoms with Gasteiger partial charge in [-0.15, -0.1) is 0 Å². The molecule has 0 N–H and O–H groups in total. The van der Waals surface area contributed by atoms with Gasteiger partial charge in [-0.1, -0.05) is 13.8 Å². The van der Waals surface area contributed by atoms with Crippen molar-refractivity contribution in [1.29, 1.82) is 0 Å². The van der Waals surface area contributed by atoms with Crippen molar-refractivity contribution in [2.24, 2.45) is 40.4 Å². The van der Waals surface area contributed by atoms with Crippen LogP contribution in [0.2, 0.25) is 0 Å². The van der Waals surface area contributed by atoms with E-state index in [4.69, 9.17) is 14.2 Å². The second kappa shape index (κ2) is 8.94. The van der Waals surface area contributed by atoms with Gasteiger partial charge in [-0.2, -0.15) is 0 Å². The van der Waals surface area contributed by atoms with Crippen LogP contribution in [0.5, 0.6) is 0 Å². The molecule has 4 fully saturated rings. The molecule has 0 aromatic rings. The molecule has 4 saturated carbocycles. The molecule has 0 aromatic heterocycles. The van der Waals surface area contributed by atoms with Crippen molar-refractivity contribution in [2.45, 2.75) is 105 Å². The van der Waals surface area contributed by atoms with E-state index in [-0.39, 0.29) is 77.0 Å². The SMILES string of the molecule is CC(=O)O[C@@H]1CCC2(C)C(C1)C[C@@H](OC(C)=O)C1C2C[C@H](OC(C)=O)C2(C)C(C(C)=O)CCC12. The normalized spacial score (nSPS) is 45.2. The maximum absolute atomic E-state index is 12.7. The highest BCUT2D eigenvalue weighted by molar-refractivity contribution is 5.80. The summed E-state index contributed by atoms with van der Waals surface area (Å²) in [6.45, 7) is 10.4. The average molecular weight is 477 g/mol. The Balaban J connectivity index is 1.74. The largest absolute Gasteiger partial charge is 0.463 e. The van der Waals surface area contributed by atoms with E-state index in [2.05, 4.69) is 13.8 Å². The molecule has 10 atom stereocenters. The molecule has 0 heterocycles. The Morgan fingerprint density at radius 2 is 1.38 bits per heavy atom. The summed E-state index contributed by atoms with van der Waals surface area (Å²) in [5.74, 6) is -0.185. The monoisotopic (exact) mass is 476 g/mol. The minimum absolute atomic E-state index is 0.0357. The van der Waals surface area contributed by atoms with Gasteiger partial charge < -0.3 is 14.2 Å². The van der Waals surface area contributed by atoms with Gasteiger partial charge in [0.1, 0.15) is 24.1 Å². The maximum Gasteiger partial charge on any atom is 0.302 e. The molecule has 7 heteroatoms. The van der Waals surface area contributed by atoms with Crippen molar-refractivity contribution in [3.63, 3.8) is 0 Å². The minimum Gasteiger partial charge on any atom is -0.463 e. The molecule has 0 radical (unpaired) electrons. The summed E-state index contributed by atoms with van der Waals surface area (Å²) in [5, 5.41) is 0. The quantitative estimate of drug-likeness (QED) is 0.442. The fourth-order valence-electron chi connectivity index (χ4n) is 8.82. The number of ether oxygens (including phenoxy) is 3.